The van der Waals surface area contributed by atoms with Crippen LogP contribution in [0.25, 0.3) is 0 Å². The van der Waals surface area contributed by atoms with E-state index in [1.807, 2.05) is 6.92 Å². The number of methoxy groups -OCH3 is 1. The van der Waals surface area contributed by atoms with Crippen LogP contribution in [-0.2, 0) is 19.1 Å². The lowest BCUT2D eigenvalue weighted by atomic mass is 10.3. The van der Waals surface area contributed by atoms with Crippen molar-refractivity contribution in [2.24, 2.45) is 0 Å². The lowest BCUT2D eigenvalue weighted by molar-refractivity contribution is -0.144. The van der Waals surface area contributed by atoms with Crippen LogP contribution in [-0.4, -0.2) is 63.4 Å². The molecular weight excluding hydrogens is 338 g/mol. The van der Waals surface area contributed by atoms with Crippen molar-refractivity contribution in [3.05, 3.63) is 24.3 Å². The van der Waals surface area contributed by atoms with E-state index in [-0.39, 0.29) is 24.9 Å². The van der Waals surface area contributed by atoms with Gasteiger partial charge in [0.15, 0.2) is 6.61 Å². The molecule has 0 fully saturated rings. The SMILES string of the molecule is CCOCCCN(CCC(=O)OCC)C(=O)COc1cccc(OC)c1. The molecule has 0 bridgehead atoms. The first-order valence-electron chi connectivity index (χ1n) is 8.88. The van der Waals surface area contributed by atoms with E-state index >= 15 is 0 Å². The standard InChI is InChI=1S/C19H29NO6/c1-4-24-13-7-11-20(12-10-19(22)25-5-2)18(21)15-26-17-9-6-8-16(14-17)23-3/h6,8-9,14H,4-5,7,10-13,15H2,1-3H3. The van der Waals surface area contributed by atoms with E-state index in [9.17, 15) is 9.59 Å². The van der Waals surface area contributed by atoms with Gasteiger partial charge in [0.25, 0.3) is 5.91 Å². The second kappa shape index (κ2) is 13.0. The van der Waals surface area contributed by atoms with Gasteiger partial charge in [0, 0.05) is 32.4 Å². The van der Waals surface area contributed by atoms with E-state index < -0.39 is 0 Å². The molecule has 26 heavy (non-hydrogen) atoms. The number of ether oxygens (including phenoxy) is 4. The Bertz CT molecular complexity index is 549. The summed E-state index contributed by atoms with van der Waals surface area (Å²) in [4.78, 5) is 25.7. The molecule has 0 N–H and O–H groups in total. The molecule has 0 heterocycles. The molecule has 0 spiro atoms. The Kier molecular flexibility index (Phi) is 10.9. The maximum atomic E-state index is 12.5. The minimum atomic E-state index is -0.316. The highest BCUT2D eigenvalue weighted by molar-refractivity contribution is 5.78. The van der Waals surface area contributed by atoms with Gasteiger partial charge in [0.2, 0.25) is 0 Å². The molecule has 7 nitrogen and oxygen atoms in total. The van der Waals surface area contributed by atoms with Crippen LogP contribution in [0.5, 0.6) is 11.5 Å². The molecule has 0 saturated carbocycles. The highest BCUT2D eigenvalue weighted by Crippen LogP contribution is 2.18. The number of benzene rings is 1. The third-order valence-corrected chi connectivity index (χ3v) is 3.57. The average molecular weight is 367 g/mol. The summed E-state index contributed by atoms with van der Waals surface area (Å²) in [7, 11) is 1.57. The molecular formula is C19H29NO6. The maximum absolute atomic E-state index is 12.5. The van der Waals surface area contributed by atoms with Gasteiger partial charge in [0.05, 0.1) is 20.1 Å². The fourth-order valence-electron chi connectivity index (χ4n) is 2.25. The second-order valence-electron chi connectivity index (χ2n) is 5.45. The summed E-state index contributed by atoms with van der Waals surface area (Å²) in [5.41, 5.74) is 0. The molecule has 7 heteroatoms. The maximum Gasteiger partial charge on any atom is 0.307 e. The first kappa shape index (κ1) is 21.8. The van der Waals surface area contributed by atoms with Crippen LogP contribution >= 0.6 is 0 Å². The number of rotatable bonds is 13. The van der Waals surface area contributed by atoms with E-state index in [2.05, 4.69) is 0 Å². The molecule has 146 valence electrons. The first-order valence-corrected chi connectivity index (χ1v) is 8.88. The van der Waals surface area contributed by atoms with Gasteiger partial charge >= 0.3 is 5.97 Å². The minimum absolute atomic E-state index is 0.107. The summed E-state index contributed by atoms with van der Waals surface area (Å²) in [6.45, 7) is 5.90. The van der Waals surface area contributed by atoms with Gasteiger partial charge in [0.1, 0.15) is 11.5 Å². The fourth-order valence-corrected chi connectivity index (χ4v) is 2.25. The third kappa shape index (κ3) is 8.71. The number of esters is 1. The zero-order chi connectivity index (χ0) is 19.2. The fraction of sp³-hybridized carbons (Fsp3) is 0.579. The highest BCUT2D eigenvalue weighted by Gasteiger charge is 2.16. The molecule has 1 amide bonds. The van der Waals surface area contributed by atoms with E-state index in [0.29, 0.717) is 50.8 Å². The van der Waals surface area contributed by atoms with E-state index in [1.165, 1.54) is 0 Å². The Labute approximate surface area is 155 Å². The van der Waals surface area contributed by atoms with Crippen LogP contribution in [0.3, 0.4) is 0 Å². The van der Waals surface area contributed by atoms with E-state index in [1.54, 1.807) is 43.2 Å². The Morgan fingerprint density at radius 2 is 1.85 bits per heavy atom. The van der Waals surface area contributed by atoms with Crippen molar-refractivity contribution < 1.29 is 28.5 Å². The molecule has 0 aromatic heterocycles. The van der Waals surface area contributed by atoms with Crippen molar-refractivity contribution >= 4 is 11.9 Å². The molecule has 0 saturated heterocycles. The molecule has 0 aliphatic heterocycles. The van der Waals surface area contributed by atoms with Gasteiger partial charge in [-0.15, -0.1) is 0 Å². The van der Waals surface area contributed by atoms with Crippen molar-refractivity contribution in [1.29, 1.82) is 0 Å². The Morgan fingerprint density at radius 1 is 1.08 bits per heavy atom. The van der Waals surface area contributed by atoms with Gasteiger partial charge < -0.3 is 23.8 Å². The third-order valence-electron chi connectivity index (χ3n) is 3.57. The van der Waals surface area contributed by atoms with Crippen LogP contribution in [0.2, 0.25) is 0 Å². The lowest BCUT2D eigenvalue weighted by Gasteiger charge is -2.22. The molecule has 1 rings (SSSR count). The highest BCUT2D eigenvalue weighted by atomic mass is 16.5. The summed E-state index contributed by atoms with van der Waals surface area (Å²) < 4.78 is 20.9. The number of hydrogen-bond acceptors (Lipinski definition) is 6. The molecule has 0 atom stereocenters. The predicted octanol–water partition coefficient (Wildman–Crippen LogP) is 2.28. The molecule has 0 unspecified atom stereocenters. The number of carbonyl (C=O) groups is 2. The number of hydrogen-bond donors (Lipinski definition) is 0. The zero-order valence-corrected chi connectivity index (χ0v) is 15.9. The Hall–Kier alpha value is -2.28. The van der Waals surface area contributed by atoms with Crippen molar-refractivity contribution in [3.8, 4) is 11.5 Å². The van der Waals surface area contributed by atoms with Gasteiger partial charge in [-0.25, -0.2) is 0 Å². The van der Waals surface area contributed by atoms with E-state index in [0.717, 1.165) is 0 Å². The molecule has 0 aliphatic rings. The number of carbonyl (C=O) groups excluding carboxylic acids is 2. The van der Waals surface area contributed by atoms with Gasteiger partial charge in [-0.2, -0.15) is 0 Å². The summed E-state index contributed by atoms with van der Waals surface area (Å²) in [6, 6.07) is 7.06. The monoisotopic (exact) mass is 367 g/mol. The van der Waals surface area contributed by atoms with Gasteiger partial charge in [-0.3, -0.25) is 9.59 Å². The largest absolute Gasteiger partial charge is 0.497 e. The minimum Gasteiger partial charge on any atom is -0.497 e. The summed E-state index contributed by atoms with van der Waals surface area (Å²) in [5.74, 6) is 0.709. The van der Waals surface area contributed by atoms with Crippen molar-refractivity contribution in [1.82, 2.24) is 4.90 Å². The second-order valence-corrected chi connectivity index (χ2v) is 5.45. The van der Waals surface area contributed by atoms with Crippen molar-refractivity contribution in [3.63, 3.8) is 0 Å². The number of nitrogens with zero attached hydrogens (tertiary/aromatic N) is 1. The van der Waals surface area contributed by atoms with Gasteiger partial charge in [-0.1, -0.05) is 6.07 Å². The summed E-state index contributed by atoms with van der Waals surface area (Å²) in [6.07, 6.45) is 0.856. The predicted molar refractivity (Wildman–Crippen MR) is 97.4 cm³/mol. The topological polar surface area (TPSA) is 74.3 Å². The smallest absolute Gasteiger partial charge is 0.307 e. The lowest BCUT2D eigenvalue weighted by Crippen LogP contribution is -2.37. The van der Waals surface area contributed by atoms with Crippen LogP contribution in [0.4, 0.5) is 0 Å². The molecule has 1 aromatic carbocycles. The zero-order valence-electron chi connectivity index (χ0n) is 15.9. The van der Waals surface area contributed by atoms with Crippen LogP contribution in [0.15, 0.2) is 24.3 Å². The number of amides is 1. The average Bonchev–Trinajstić information content (AvgIpc) is 2.66. The quantitative estimate of drug-likeness (QED) is 0.393. The molecule has 0 radical (unpaired) electrons. The van der Waals surface area contributed by atoms with Crippen LogP contribution < -0.4 is 9.47 Å². The Balaban J connectivity index is 2.55. The van der Waals surface area contributed by atoms with Crippen LogP contribution in [0.1, 0.15) is 26.7 Å². The summed E-state index contributed by atoms with van der Waals surface area (Å²) in [5, 5.41) is 0. The van der Waals surface area contributed by atoms with Crippen molar-refractivity contribution in [2.45, 2.75) is 26.7 Å². The first-order chi connectivity index (χ1) is 12.6. The van der Waals surface area contributed by atoms with Gasteiger partial charge in [-0.05, 0) is 32.4 Å². The molecule has 1 aromatic rings. The van der Waals surface area contributed by atoms with Crippen LogP contribution in [0, 0.1) is 0 Å². The van der Waals surface area contributed by atoms with E-state index in [4.69, 9.17) is 18.9 Å². The summed E-state index contributed by atoms with van der Waals surface area (Å²) >= 11 is 0. The molecule has 0 aliphatic carbocycles. The Morgan fingerprint density at radius 3 is 2.54 bits per heavy atom. The van der Waals surface area contributed by atoms with Crippen molar-refractivity contribution in [2.75, 3.05) is 46.6 Å². The normalized spacial score (nSPS) is 10.3.